The Morgan fingerprint density at radius 3 is 2.68 bits per heavy atom. The van der Waals surface area contributed by atoms with E-state index in [4.69, 9.17) is 5.26 Å². The summed E-state index contributed by atoms with van der Waals surface area (Å²) in [5.74, 6) is -0.00638. The normalized spacial score (nSPS) is 10.1. The van der Waals surface area contributed by atoms with E-state index in [9.17, 15) is 4.79 Å². The van der Waals surface area contributed by atoms with E-state index in [1.54, 1.807) is 12.1 Å². The summed E-state index contributed by atoms with van der Waals surface area (Å²) in [6.07, 6.45) is 0. The fraction of sp³-hybridized carbons (Fsp3) is 0.429. The molecule has 102 valence electrons. The summed E-state index contributed by atoms with van der Waals surface area (Å²) < 4.78 is 0.825. The molecular formula is C14H18BrN3O. The molecule has 0 aliphatic carbocycles. The zero-order chi connectivity index (χ0) is 14.4. The molecule has 4 nitrogen and oxygen atoms in total. The maximum Gasteiger partial charge on any atom is 0.239 e. The van der Waals surface area contributed by atoms with Gasteiger partial charge in [0.1, 0.15) is 0 Å². The second-order valence-corrected chi connectivity index (χ2v) is 5.37. The second-order valence-electron chi connectivity index (χ2n) is 4.51. The topological polar surface area (TPSA) is 56.1 Å². The highest BCUT2D eigenvalue weighted by atomic mass is 79.9. The van der Waals surface area contributed by atoms with Crippen molar-refractivity contribution in [2.45, 2.75) is 26.8 Å². The molecule has 1 rings (SSSR count). The van der Waals surface area contributed by atoms with E-state index >= 15 is 0 Å². The zero-order valence-electron chi connectivity index (χ0n) is 11.4. The number of amides is 1. The number of nitriles is 1. The third-order valence-corrected chi connectivity index (χ3v) is 3.22. The van der Waals surface area contributed by atoms with Gasteiger partial charge in [-0.3, -0.25) is 4.79 Å². The lowest BCUT2D eigenvalue weighted by atomic mass is 10.2. The van der Waals surface area contributed by atoms with Gasteiger partial charge in [-0.1, -0.05) is 0 Å². The molecule has 0 aromatic heterocycles. The molecule has 0 aliphatic rings. The highest BCUT2D eigenvalue weighted by Crippen LogP contribution is 2.27. The number of anilines is 1. The van der Waals surface area contributed by atoms with Gasteiger partial charge in [0.15, 0.2) is 0 Å². The zero-order valence-corrected chi connectivity index (χ0v) is 13.0. The molecule has 0 saturated heterocycles. The molecule has 1 aromatic carbocycles. The molecule has 0 radical (unpaired) electrons. The van der Waals surface area contributed by atoms with Crippen LogP contribution in [0.5, 0.6) is 0 Å². The van der Waals surface area contributed by atoms with Crippen LogP contribution in [0.3, 0.4) is 0 Å². The maximum atomic E-state index is 11.8. The van der Waals surface area contributed by atoms with E-state index < -0.39 is 0 Å². The number of carbonyl (C=O) groups excluding carboxylic acids is 1. The smallest absolute Gasteiger partial charge is 0.239 e. The predicted molar refractivity (Wildman–Crippen MR) is 80.0 cm³/mol. The van der Waals surface area contributed by atoms with Gasteiger partial charge < -0.3 is 10.2 Å². The van der Waals surface area contributed by atoms with Crippen LogP contribution in [0.4, 0.5) is 5.69 Å². The molecule has 0 saturated carbocycles. The molecule has 19 heavy (non-hydrogen) atoms. The van der Waals surface area contributed by atoms with Gasteiger partial charge in [0.2, 0.25) is 5.91 Å². The molecule has 1 N–H and O–H groups in total. The van der Waals surface area contributed by atoms with Gasteiger partial charge in [-0.25, -0.2) is 0 Å². The third kappa shape index (κ3) is 4.56. The number of nitrogens with zero attached hydrogens (tertiary/aromatic N) is 2. The molecule has 0 fully saturated rings. The standard InChI is InChI=1S/C14H18BrN3O/c1-4-18(9-14(19)17-10(2)3)13-6-5-11(8-16)7-12(13)15/h5-7,10H,4,9H2,1-3H3,(H,17,19). The van der Waals surface area contributed by atoms with Crippen molar-refractivity contribution in [3.63, 3.8) is 0 Å². The van der Waals surface area contributed by atoms with Gasteiger partial charge in [0.05, 0.1) is 23.9 Å². The van der Waals surface area contributed by atoms with Crippen LogP contribution in [0.25, 0.3) is 0 Å². The Morgan fingerprint density at radius 2 is 2.21 bits per heavy atom. The number of halogens is 1. The minimum atomic E-state index is -0.00638. The third-order valence-electron chi connectivity index (χ3n) is 2.58. The molecule has 5 heteroatoms. The molecule has 0 aliphatic heterocycles. The molecule has 1 aromatic rings. The largest absolute Gasteiger partial charge is 0.362 e. The van der Waals surface area contributed by atoms with Crippen molar-refractivity contribution >= 4 is 27.5 Å². The number of likely N-dealkylation sites (N-methyl/N-ethyl adjacent to an activating group) is 1. The summed E-state index contributed by atoms with van der Waals surface area (Å²) in [5.41, 5.74) is 1.51. The molecule has 1 amide bonds. The number of benzene rings is 1. The number of rotatable bonds is 5. The van der Waals surface area contributed by atoms with Crippen molar-refractivity contribution in [2.75, 3.05) is 18.0 Å². The minimum absolute atomic E-state index is 0.00638. The summed E-state index contributed by atoms with van der Waals surface area (Å²) in [6.45, 7) is 6.89. The lowest BCUT2D eigenvalue weighted by Gasteiger charge is -2.24. The van der Waals surface area contributed by atoms with E-state index in [1.807, 2.05) is 31.7 Å². The van der Waals surface area contributed by atoms with Crippen molar-refractivity contribution < 1.29 is 4.79 Å². The summed E-state index contributed by atoms with van der Waals surface area (Å²) in [5, 5.41) is 11.7. The van der Waals surface area contributed by atoms with E-state index in [1.165, 1.54) is 0 Å². The van der Waals surface area contributed by atoms with E-state index in [0.29, 0.717) is 12.1 Å². The van der Waals surface area contributed by atoms with E-state index in [0.717, 1.165) is 16.7 Å². The first kappa shape index (κ1) is 15.5. The average Bonchev–Trinajstić information content (AvgIpc) is 2.35. The van der Waals surface area contributed by atoms with Crippen LogP contribution in [-0.2, 0) is 4.79 Å². The Balaban J connectivity index is 2.86. The SMILES string of the molecule is CCN(CC(=O)NC(C)C)c1ccc(C#N)cc1Br. The van der Waals surface area contributed by atoms with Gasteiger partial charge >= 0.3 is 0 Å². The van der Waals surface area contributed by atoms with Crippen molar-refractivity contribution in [2.24, 2.45) is 0 Å². The number of carbonyl (C=O) groups is 1. The van der Waals surface area contributed by atoms with Crippen LogP contribution in [0.1, 0.15) is 26.3 Å². The minimum Gasteiger partial charge on any atom is -0.362 e. The Bertz CT molecular complexity index is 494. The van der Waals surface area contributed by atoms with Crippen molar-refractivity contribution in [1.82, 2.24) is 5.32 Å². The number of hydrogen-bond acceptors (Lipinski definition) is 3. The van der Waals surface area contributed by atoms with Gasteiger partial charge in [-0.2, -0.15) is 5.26 Å². The average molecular weight is 324 g/mol. The lowest BCUT2D eigenvalue weighted by molar-refractivity contribution is -0.120. The first-order valence-electron chi connectivity index (χ1n) is 6.21. The molecule has 0 heterocycles. The van der Waals surface area contributed by atoms with Crippen molar-refractivity contribution in [3.8, 4) is 6.07 Å². The fourth-order valence-electron chi connectivity index (χ4n) is 1.74. The van der Waals surface area contributed by atoms with Crippen LogP contribution in [0.2, 0.25) is 0 Å². The molecule has 0 spiro atoms. The van der Waals surface area contributed by atoms with E-state index in [2.05, 4.69) is 27.3 Å². The summed E-state index contributed by atoms with van der Waals surface area (Å²) in [6, 6.07) is 7.60. The Kier molecular flexibility index (Phi) is 5.84. The molecule has 0 bridgehead atoms. The highest BCUT2D eigenvalue weighted by Gasteiger charge is 2.13. The Hall–Kier alpha value is -1.54. The second kappa shape index (κ2) is 7.15. The molecule has 0 unspecified atom stereocenters. The van der Waals surface area contributed by atoms with E-state index in [-0.39, 0.29) is 11.9 Å². The van der Waals surface area contributed by atoms with Gasteiger partial charge in [0.25, 0.3) is 0 Å². The van der Waals surface area contributed by atoms with Gasteiger partial charge in [0, 0.05) is 17.1 Å². The molecule has 0 atom stereocenters. The Morgan fingerprint density at radius 1 is 1.53 bits per heavy atom. The first-order chi connectivity index (χ1) is 8.97. The maximum absolute atomic E-state index is 11.8. The summed E-state index contributed by atoms with van der Waals surface area (Å²) in [7, 11) is 0. The summed E-state index contributed by atoms with van der Waals surface area (Å²) >= 11 is 3.45. The van der Waals surface area contributed by atoms with Crippen LogP contribution in [0.15, 0.2) is 22.7 Å². The van der Waals surface area contributed by atoms with Crippen LogP contribution >= 0.6 is 15.9 Å². The van der Waals surface area contributed by atoms with Crippen molar-refractivity contribution in [1.29, 1.82) is 5.26 Å². The summed E-state index contributed by atoms with van der Waals surface area (Å²) in [4.78, 5) is 13.8. The van der Waals surface area contributed by atoms with Gasteiger partial charge in [-0.15, -0.1) is 0 Å². The van der Waals surface area contributed by atoms with Crippen molar-refractivity contribution in [3.05, 3.63) is 28.2 Å². The predicted octanol–water partition coefficient (Wildman–Crippen LogP) is 2.67. The monoisotopic (exact) mass is 323 g/mol. The lowest BCUT2D eigenvalue weighted by Crippen LogP contribution is -2.40. The van der Waals surface area contributed by atoms with Gasteiger partial charge in [-0.05, 0) is 54.9 Å². The quantitative estimate of drug-likeness (QED) is 0.906. The number of hydrogen-bond donors (Lipinski definition) is 1. The van der Waals surface area contributed by atoms with Crippen LogP contribution < -0.4 is 10.2 Å². The number of nitrogens with one attached hydrogen (secondary N) is 1. The van der Waals surface area contributed by atoms with Crippen LogP contribution in [-0.4, -0.2) is 25.0 Å². The molecular weight excluding hydrogens is 306 g/mol. The fourth-order valence-corrected chi connectivity index (χ4v) is 2.37. The van der Waals surface area contributed by atoms with Crippen LogP contribution in [0, 0.1) is 11.3 Å². The Labute approximate surface area is 122 Å². The highest BCUT2D eigenvalue weighted by molar-refractivity contribution is 9.10. The first-order valence-corrected chi connectivity index (χ1v) is 7.01.